The lowest BCUT2D eigenvalue weighted by molar-refractivity contribution is 0.0175. The summed E-state index contributed by atoms with van der Waals surface area (Å²) in [5, 5.41) is 9.82. The Labute approximate surface area is 98.8 Å². The monoisotopic (exact) mass is 231 g/mol. The van der Waals surface area contributed by atoms with Gasteiger partial charge in [-0.25, -0.2) is 0 Å². The lowest BCUT2D eigenvalue weighted by Gasteiger charge is -2.25. The van der Waals surface area contributed by atoms with Crippen LogP contribution in [0.3, 0.4) is 0 Å². The minimum absolute atomic E-state index is 0.219. The van der Waals surface area contributed by atoms with Crippen molar-refractivity contribution in [3.8, 4) is 0 Å². The van der Waals surface area contributed by atoms with E-state index in [9.17, 15) is 5.11 Å². The molecule has 0 aromatic carbocycles. The zero-order chi connectivity index (χ0) is 12.4. The van der Waals surface area contributed by atoms with Gasteiger partial charge in [-0.1, -0.05) is 6.92 Å². The van der Waals surface area contributed by atoms with Gasteiger partial charge in [0.2, 0.25) is 0 Å². The van der Waals surface area contributed by atoms with Gasteiger partial charge in [0, 0.05) is 32.8 Å². The van der Waals surface area contributed by atoms with Gasteiger partial charge in [-0.2, -0.15) is 0 Å². The molecule has 0 aliphatic heterocycles. The zero-order valence-electron chi connectivity index (χ0n) is 10.8. The van der Waals surface area contributed by atoms with Crippen molar-refractivity contribution < 1.29 is 14.6 Å². The van der Waals surface area contributed by atoms with E-state index in [-0.39, 0.29) is 5.92 Å². The van der Waals surface area contributed by atoms with E-state index in [0.717, 1.165) is 13.0 Å². The first-order chi connectivity index (χ1) is 7.65. The fourth-order valence-corrected chi connectivity index (χ4v) is 1.50. The van der Waals surface area contributed by atoms with Gasteiger partial charge >= 0.3 is 0 Å². The fraction of sp³-hybridized carbons (Fsp3) is 0.833. The highest BCUT2D eigenvalue weighted by Crippen LogP contribution is 2.11. The van der Waals surface area contributed by atoms with E-state index in [2.05, 4.69) is 6.92 Å². The Morgan fingerprint density at radius 1 is 1.38 bits per heavy atom. The summed E-state index contributed by atoms with van der Waals surface area (Å²) in [5.74, 6) is 0.219. The minimum Gasteiger partial charge on any atom is -0.500 e. The second-order valence-corrected chi connectivity index (χ2v) is 3.87. The van der Waals surface area contributed by atoms with E-state index < -0.39 is 6.10 Å². The maximum absolute atomic E-state index is 9.82. The molecule has 0 bridgehead atoms. The highest BCUT2D eigenvalue weighted by molar-refractivity contribution is 4.78. The van der Waals surface area contributed by atoms with Crippen molar-refractivity contribution in [1.82, 2.24) is 4.90 Å². The van der Waals surface area contributed by atoms with Crippen LogP contribution in [0.2, 0.25) is 0 Å². The van der Waals surface area contributed by atoms with Crippen LogP contribution in [0.25, 0.3) is 0 Å². The predicted molar refractivity (Wildman–Crippen MR) is 65.1 cm³/mol. The number of hydrogen-bond acceptors (Lipinski definition) is 4. The number of ether oxygens (including phenoxy) is 2. The minimum atomic E-state index is -0.405. The van der Waals surface area contributed by atoms with Crippen molar-refractivity contribution in [2.24, 2.45) is 5.92 Å². The van der Waals surface area contributed by atoms with Crippen molar-refractivity contribution in [3.05, 3.63) is 12.5 Å². The van der Waals surface area contributed by atoms with Gasteiger partial charge in [-0.3, -0.25) is 0 Å². The van der Waals surface area contributed by atoms with Crippen LogP contribution in [0, 0.1) is 5.92 Å². The van der Waals surface area contributed by atoms with Gasteiger partial charge in [0.05, 0.1) is 25.6 Å². The van der Waals surface area contributed by atoms with Crippen molar-refractivity contribution in [3.63, 3.8) is 0 Å². The lowest BCUT2D eigenvalue weighted by Crippen LogP contribution is -2.33. The van der Waals surface area contributed by atoms with Crippen LogP contribution in [0.1, 0.15) is 20.3 Å². The van der Waals surface area contributed by atoms with Gasteiger partial charge in [0.15, 0.2) is 0 Å². The van der Waals surface area contributed by atoms with Crippen molar-refractivity contribution in [1.29, 1.82) is 0 Å². The maximum Gasteiger partial charge on any atom is 0.0987 e. The largest absolute Gasteiger partial charge is 0.500 e. The summed E-state index contributed by atoms with van der Waals surface area (Å²) >= 11 is 0. The second kappa shape index (κ2) is 9.48. The number of hydrogen-bond donors (Lipinski definition) is 1. The summed E-state index contributed by atoms with van der Waals surface area (Å²) < 4.78 is 10.1. The van der Waals surface area contributed by atoms with Crippen LogP contribution in [0.15, 0.2) is 12.5 Å². The smallest absolute Gasteiger partial charge is 0.0987 e. The van der Waals surface area contributed by atoms with Crippen molar-refractivity contribution in [2.75, 3.05) is 33.9 Å². The van der Waals surface area contributed by atoms with Crippen LogP contribution in [0.5, 0.6) is 0 Å². The average molecular weight is 231 g/mol. The number of nitrogens with zero attached hydrogens (tertiary/aromatic N) is 1. The Bertz CT molecular complexity index is 185. The molecule has 16 heavy (non-hydrogen) atoms. The van der Waals surface area contributed by atoms with E-state index in [1.807, 2.05) is 25.1 Å². The molecule has 0 aromatic rings. The molecule has 0 aliphatic rings. The second-order valence-electron chi connectivity index (χ2n) is 3.87. The summed E-state index contributed by atoms with van der Waals surface area (Å²) in [7, 11) is 3.58. The number of rotatable bonds is 9. The highest BCUT2D eigenvalue weighted by atomic mass is 16.5. The molecule has 4 nitrogen and oxygen atoms in total. The zero-order valence-corrected chi connectivity index (χ0v) is 10.8. The van der Waals surface area contributed by atoms with Gasteiger partial charge in [0.25, 0.3) is 0 Å². The quantitative estimate of drug-likeness (QED) is 0.610. The van der Waals surface area contributed by atoms with Gasteiger partial charge in [0.1, 0.15) is 0 Å². The van der Waals surface area contributed by atoms with E-state index >= 15 is 0 Å². The summed E-state index contributed by atoms with van der Waals surface area (Å²) in [4.78, 5) is 2.02. The first-order valence-corrected chi connectivity index (χ1v) is 5.81. The Kier molecular flexibility index (Phi) is 9.04. The Balaban J connectivity index is 4.00. The van der Waals surface area contributed by atoms with E-state index in [0.29, 0.717) is 13.2 Å². The maximum atomic E-state index is 9.82. The number of aliphatic hydroxyl groups is 1. The molecule has 0 radical (unpaired) electrons. The summed E-state index contributed by atoms with van der Waals surface area (Å²) in [6.45, 7) is 5.88. The molecular weight excluding hydrogens is 206 g/mol. The molecule has 4 heteroatoms. The molecular formula is C12H25NO3. The Hall–Kier alpha value is -0.740. The van der Waals surface area contributed by atoms with Crippen LogP contribution in [-0.2, 0) is 9.47 Å². The highest BCUT2D eigenvalue weighted by Gasteiger charge is 2.17. The first-order valence-electron chi connectivity index (χ1n) is 5.81. The average Bonchev–Trinajstić information content (AvgIpc) is 2.26. The number of methoxy groups -OCH3 is 1. The van der Waals surface area contributed by atoms with Crippen molar-refractivity contribution in [2.45, 2.75) is 26.4 Å². The fourth-order valence-electron chi connectivity index (χ4n) is 1.50. The number of aliphatic hydroxyl groups excluding tert-OH is 1. The molecule has 0 amide bonds. The molecule has 2 atom stereocenters. The molecule has 0 rings (SSSR count). The van der Waals surface area contributed by atoms with Gasteiger partial charge < -0.3 is 19.5 Å². The van der Waals surface area contributed by atoms with Crippen LogP contribution >= 0.6 is 0 Å². The molecule has 0 spiro atoms. The third-order valence-electron chi connectivity index (χ3n) is 2.51. The summed E-state index contributed by atoms with van der Waals surface area (Å²) in [6, 6.07) is 0. The Morgan fingerprint density at radius 2 is 2.06 bits per heavy atom. The molecule has 0 aliphatic carbocycles. The third kappa shape index (κ3) is 6.69. The van der Waals surface area contributed by atoms with Gasteiger partial charge in [-0.15, -0.1) is 0 Å². The van der Waals surface area contributed by atoms with E-state index in [1.54, 1.807) is 13.4 Å². The third-order valence-corrected chi connectivity index (χ3v) is 2.51. The van der Waals surface area contributed by atoms with E-state index in [4.69, 9.17) is 9.47 Å². The topological polar surface area (TPSA) is 41.9 Å². The van der Waals surface area contributed by atoms with Crippen LogP contribution in [0.4, 0.5) is 0 Å². The molecule has 1 N–H and O–H groups in total. The Morgan fingerprint density at radius 3 is 2.56 bits per heavy atom. The summed E-state index contributed by atoms with van der Waals surface area (Å²) in [6.07, 6.45) is 4.08. The predicted octanol–water partition coefficient (Wildman–Crippen LogP) is 1.46. The molecule has 0 aromatic heterocycles. The summed E-state index contributed by atoms with van der Waals surface area (Å²) in [5.41, 5.74) is 0. The SMILES string of the molecule is CCO/C=C/N(C)C[C@H](CC)C(O)COC. The van der Waals surface area contributed by atoms with Crippen molar-refractivity contribution >= 4 is 0 Å². The first kappa shape index (κ1) is 15.3. The molecule has 96 valence electrons. The normalized spacial score (nSPS) is 15.1. The van der Waals surface area contributed by atoms with Crippen LogP contribution < -0.4 is 0 Å². The lowest BCUT2D eigenvalue weighted by atomic mass is 9.99. The molecule has 1 unspecified atom stereocenters. The molecule has 0 fully saturated rings. The van der Waals surface area contributed by atoms with Crippen LogP contribution in [-0.4, -0.2) is 50.0 Å². The van der Waals surface area contributed by atoms with E-state index in [1.165, 1.54) is 0 Å². The van der Waals surface area contributed by atoms with Gasteiger partial charge in [-0.05, 0) is 13.3 Å². The molecule has 0 saturated carbocycles. The molecule has 0 saturated heterocycles. The standard InChI is InChI=1S/C12H25NO3/c1-5-11(12(14)10-15-4)9-13(3)7-8-16-6-2/h7-8,11-12,14H,5-6,9-10H2,1-4H3/b8-7+/t11-,12?/m0/s1. The molecule has 0 heterocycles.